The van der Waals surface area contributed by atoms with E-state index in [1.54, 1.807) is 37.3 Å². The fourth-order valence-corrected chi connectivity index (χ4v) is 4.24. The second-order valence-electron chi connectivity index (χ2n) is 8.13. The molecule has 2 aromatic carbocycles. The lowest BCUT2D eigenvalue weighted by Gasteiger charge is -2.41. The van der Waals surface area contributed by atoms with Gasteiger partial charge in [-0.15, -0.1) is 0 Å². The molecule has 0 unspecified atom stereocenters. The summed E-state index contributed by atoms with van der Waals surface area (Å²) in [6, 6.07) is 13.0. The Balaban J connectivity index is 1.83. The maximum absolute atomic E-state index is 13.2. The summed E-state index contributed by atoms with van der Waals surface area (Å²) < 4.78 is 16.1. The second-order valence-corrected chi connectivity index (χ2v) is 8.13. The first-order valence-electron chi connectivity index (χ1n) is 10.9. The van der Waals surface area contributed by atoms with Gasteiger partial charge in [0.15, 0.2) is 0 Å². The van der Waals surface area contributed by atoms with Crippen LogP contribution in [0.1, 0.15) is 30.9 Å². The summed E-state index contributed by atoms with van der Waals surface area (Å²) in [4.78, 5) is 28.0. The molecule has 0 radical (unpaired) electrons. The highest BCUT2D eigenvalue weighted by Crippen LogP contribution is 2.37. The van der Waals surface area contributed by atoms with Gasteiger partial charge in [0.05, 0.1) is 31.9 Å². The first-order valence-corrected chi connectivity index (χ1v) is 10.9. The van der Waals surface area contributed by atoms with Crippen LogP contribution in [0.4, 0.5) is 10.5 Å². The second kappa shape index (κ2) is 10.4. The number of ether oxygens (including phenoxy) is 3. The van der Waals surface area contributed by atoms with Gasteiger partial charge in [-0.2, -0.15) is 0 Å². The number of esters is 1. The molecule has 2 amide bonds. The highest BCUT2D eigenvalue weighted by Gasteiger charge is 2.45. The van der Waals surface area contributed by atoms with E-state index in [4.69, 9.17) is 14.2 Å². The number of nitrogens with zero attached hydrogens (tertiary/aromatic N) is 1. The maximum atomic E-state index is 13.2. The number of anilines is 1. The number of aryl methyl sites for hydroxylation is 1. The standard InChI is InChI=1S/C25H32N2O5/c1-5-32-23(28)25(16-19-10-7-6-9-18(19)2)13-8-14-27(17-25)24(29)26-21-12-11-20(30-3)15-22(21)31-4/h6-7,9-12,15H,5,8,13-14,16-17H2,1-4H3,(H,26,29)/t25-/m1/s1. The van der Waals surface area contributed by atoms with E-state index in [0.29, 0.717) is 49.7 Å². The van der Waals surface area contributed by atoms with Gasteiger partial charge >= 0.3 is 12.0 Å². The molecule has 1 heterocycles. The third-order valence-corrected chi connectivity index (χ3v) is 6.01. The molecule has 0 saturated carbocycles. The zero-order valence-electron chi connectivity index (χ0n) is 19.3. The Morgan fingerprint density at radius 2 is 1.91 bits per heavy atom. The van der Waals surface area contributed by atoms with Crippen molar-refractivity contribution in [2.75, 3.05) is 39.2 Å². The monoisotopic (exact) mass is 440 g/mol. The molecule has 0 bridgehead atoms. The Kier molecular flexibility index (Phi) is 7.62. The Hall–Kier alpha value is -3.22. The predicted octanol–water partition coefficient (Wildman–Crippen LogP) is 4.43. The van der Waals surface area contributed by atoms with Crippen LogP contribution in [-0.2, 0) is 16.0 Å². The average molecular weight is 441 g/mol. The summed E-state index contributed by atoms with van der Waals surface area (Å²) in [5.74, 6) is 0.895. The summed E-state index contributed by atoms with van der Waals surface area (Å²) in [5.41, 5.74) is 1.99. The topological polar surface area (TPSA) is 77.1 Å². The first kappa shape index (κ1) is 23.4. The highest BCUT2D eigenvalue weighted by molar-refractivity contribution is 5.92. The van der Waals surface area contributed by atoms with E-state index in [9.17, 15) is 9.59 Å². The van der Waals surface area contributed by atoms with Crippen LogP contribution in [0.3, 0.4) is 0 Å². The molecule has 0 spiro atoms. The molecule has 7 nitrogen and oxygen atoms in total. The van der Waals surface area contributed by atoms with Crippen LogP contribution in [0, 0.1) is 12.3 Å². The van der Waals surface area contributed by atoms with Crippen molar-refractivity contribution in [3.05, 3.63) is 53.6 Å². The number of rotatable bonds is 7. The molecule has 1 aliphatic heterocycles. The number of carbonyl (C=O) groups excluding carboxylic acids is 2. The quantitative estimate of drug-likeness (QED) is 0.645. The zero-order chi connectivity index (χ0) is 23.1. The molecule has 172 valence electrons. The Morgan fingerprint density at radius 1 is 1.12 bits per heavy atom. The molecule has 7 heteroatoms. The minimum atomic E-state index is -0.776. The highest BCUT2D eigenvalue weighted by atomic mass is 16.5. The number of urea groups is 1. The summed E-state index contributed by atoms with van der Waals surface area (Å²) in [6.07, 6.45) is 1.93. The Labute approximate surface area is 189 Å². The molecular weight excluding hydrogens is 408 g/mol. The first-order chi connectivity index (χ1) is 15.4. The molecule has 0 aliphatic carbocycles. The number of hydrogen-bond acceptors (Lipinski definition) is 5. The fourth-order valence-electron chi connectivity index (χ4n) is 4.24. The molecule has 1 atom stereocenters. The van der Waals surface area contributed by atoms with Crippen molar-refractivity contribution in [1.29, 1.82) is 0 Å². The van der Waals surface area contributed by atoms with Crippen molar-refractivity contribution in [3.63, 3.8) is 0 Å². The van der Waals surface area contributed by atoms with Gasteiger partial charge in [0.2, 0.25) is 0 Å². The number of hydrogen-bond donors (Lipinski definition) is 1. The number of piperidine rings is 1. The molecule has 1 aliphatic rings. The maximum Gasteiger partial charge on any atom is 0.321 e. The normalized spacial score (nSPS) is 18.1. The van der Waals surface area contributed by atoms with E-state index in [2.05, 4.69) is 5.32 Å². The number of likely N-dealkylation sites (tertiary alicyclic amines) is 1. The molecular formula is C25H32N2O5. The van der Waals surface area contributed by atoms with E-state index in [1.165, 1.54) is 0 Å². The van der Waals surface area contributed by atoms with Crippen molar-refractivity contribution in [1.82, 2.24) is 4.90 Å². The van der Waals surface area contributed by atoms with Gasteiger partial charge in [0, 0.05) is 19.2 Å². The van der Waals surface area contributed by atoms with Crippen LogP contribution in [0.2, 0.25) is 0 Å². The van der Waals surface area contributed by atoms with Gasteiger partial charge in [-0.1, -0.05) is 24.3 Å². The number of nitrogens with one attached hydrogen (secondary N) is 1. The van der Waals surface area contributed by atoms with Crippen molar-refractivity contribution in [2.45, 2.75) is 33.1 Å². The summed E-state index contributed by atoms with van der Waals surface area (Å²) in [5, 5.41) is 2.92. The summed E-state index contributed by atoms with van der Waals surface area (Å²) in [7, 11) is 3.11. The lowest BCUT2D eigenvalue weighted by atomic mass is 9.74. The van der Waals surface area contributed by atoms with Crippen LogP contribution in [0.5, 0.6) is 11.5 Å². The molecule has 1 N–H and O–H groups in total. The summed E-state index contributed by atoms with van der Waals surface area (Å²) >= 11 is 0. The van der Waals surface area contributed by atoms with E-state index < -0.39 is 5.41 Å². The summed E-state index contributed by atoms with van der Waals surface area (Å²) in [6.45, 7) is 5.02. The number of methoxy groups -OCH3 is 2. The average Bonchev–Trinajstić information content (AvgIpc) is 2.81. The van der Waals surface area contributed by atoms with E-state index >= 15 is 0 Å². The van der Waals surface area contributed by atoms with Gasteiger partial charge in [-0.05, 0) is 56.4 Å². The van der Waals surface area contributed by atoms with Crippen molar-refractivity contribution in [3.8, 4) is 11.5 Å². The lowest BCUT2D eigenvalue weighted by molar-refractivity contribution is -0.158. The lowest BCUT2D eigenvalue weighted by Crippen LogP contribution is -2.52. The minimum Gasteiger partial charge on any atom is -0.497 e. The molecule has 0 aromatic heterocycles. The molecule has 2 aromatic rings. The van der Waals surface area contributed by atoms with Gasteiger partial charge < -0.3 is 24.4 Å². The Morgan fingerprint density at radius 3 is 2.59 bits per heavy atom. The van der Waals surface area contributed by atoms with E-state index in [-0.39, 0.29) is 12.0 Å². The number of benzene rings is 2. The smallest absolute Gasteiger partial charge is 0.321 e. The molecule has 32 heavy (non-hydrogen) atoms. The van der Waals surface area contributed by atoms with Gasteiger partial charge in [-0.3, -0.25) is 4.79 Å². The SMILES string of the molecule is CCOC(=O)[C@@]1(Cc2ccccc2C)CCCN(C(=O)Nc2ccc(OC)cc2OC)C1. The van der Waals surface area contributed by atoms with Gasteiger partial charge in [-0.25, -0.2) is 4.79 Å². The van der Waals surface area contributed by atoms with Crippen molar-refractivity contribution < 1.29 is 23.8 Å². The van der Waals surface area contributed by atoms with Crippen molar-refractivity contribution >= 4 is 17.7 Å². The van der Waals surface area contributed by atoms with Crippen LogP contribution >= 0.6 is 0 Å². The van der Waals surface area contributed by atoms with Crippen molar-refractivity contribution in [2.24, 2.45) is 5.41 Å². The number of amides is 2. The molecule has 1 fully saturated rings. The van der Waals surface area contributed by atoms with Gasteiger partial charge in [0.1, 0.15) is 11.5 Å². The largest absolute Gasteiger partial charge is 0.497 e. The minimum absolute atomic E-state index is 0.247. The van der Waals surface area contributed by atoms with E-state index in [0.717, 1.165) is 17.5 Å². The fraction of sp³-hybridized carbons (Fsp3) is 0.440. The number of carbonyl (C=O) groups is 2. The van der Waals surface area contributed by atoms with Crippen LogP contribution in [-0.4, -0.2) is 50.8 Å². The van der Waals surface area contributed by atoms with Gasteiger partial charge in [0.25, 0.3) is 0 Å². The Bertz CT molecular complexity index is 961. The third kappa shape index (κ3) is 5.15. The zero-order valence-corrected chi connectivity index (χ0v) is 19.3. The predicted molar refractivity (Wildman–Crippen MR) is 123 cm³/mol. The molecule has 3 rings (SSSR count). The van der Waals surface area contributed by atoms with Crippen LogP contribution in [0.25, 0.3) is 0 Å². The van der Waals surface area contributed by atoms with E-state index in [1.807, 2.05) is 38.1 Å². The van der Waals surface area contributed by atoms with Crippen LogP contribution < -0.4 is 14.8 Å². The molecule has 1 saturated heterocycles. The van der Waals surface area contributed by atoms with Crippen LogP contribution in [0.15, 0.2) is 42.5 Å². The third-order valence-electron chi connectivity index (χ3n) is 6.01.